The standard InChI is InChI=1S/C17H23BN2O4.C11H11BrN2O2/c1-16(2)17(3,4)24-18(23-16)13-9-12(10-19)15(20-11-13)22-14-5-7-21-8-6-14;12-9-5-8(6-13)11(14-7-9)16-10-1-3-15-4-2-10/h9,11,14H,5-8H2,1-4H3;5,7,10H,1-4H2. The van der Waals surface area contributed by atoms with Crippen molar-refractivity contribution in [2.24, 2.45) is 0 Å². The van der Waals surface area contributed by atoms with E-state index in [1.165, 1.54) is 0 Å². The van der Waals surface area contributed by atoms with Crippen molar-refractivity contribution in [1.82, 2.24) is 9.97 Å². The number of aromatic nitrogens is 2. The molecule has 5 heterocycles. The summed E-state index contributed by atoms with van der Waals surface area (Å²) < 4.78 is 34.9. The van der Waals surface area contributed by atoms with E-state index >= 15 is 0 Å². The molecule has 0 radical (unpaired) electrons. The van der Waals surface area contributed by atoms with Crippen LogP contribution in [0, 0.1) is 22.7 Å². The van der Waals surface area contributed by atoms with Crippen LogP contribution in [0.1, 0.15) is 64.5 Å². The van der Waals surface area contributed by atoms with E-state index in [9.17, 15) is 5.26 Å². The van der Waals surface area contributed by atoms with Gasteiger partial charge in [-0.25, -0.2) is 9.97 Å². The summed E-state index contributed by atoms with van der Waals surface area (Å²) in [5.41, 5.74) is 0.725. The number of ether oxygens (including phenoxy) is 4. The van der Waals surface area contributed by atoms with Gasteiger partial charge in [0.15, 0.2) is 0 Å². The smallest absolute Gasteiger partial charge is 0.473 e. The third-order valence-corrected chi connectivity index (χ3v) is 7.78. The quantitative estimate of drug-likeness (QED) is 0.455. The SMILES string of the molecule is CC1(C)OB(c2cnc(OC3CCOCC3)c(C#N)c2)OC1(C)C.N#Cc1cc(Br)cnc1OC1CCOCC1. The largest absolute Gasteiger partial charge is 0.496 e. The van der Waals surface area contributed by atoms with Crippen LogP contribution in [0.2, 0.25) is 0 Å². The van der Waals surface area contributed by atoms with Crippen LogP contribution in [0.5, 0.6) is 11.8 Å². The minimum absolute atomic E-state index is 0.0426. The molecule has 212 valence electrons. The zero-order valence-corrected chi connectivity index (χ0v) is 24.9. The highest BCUT2D eigenvalue weighted by Crippen LogP contribution is 2.36. The van der Waals surface area contributed by atoms with Gasteiger partial charge in [0.2, 0.25) is 11.8 Å². The van der Waals surface area contributed by atoms with Crippen molar-refractivity contribution in [2.45, 2.75) is 76.8 Å². The van der Waals surface area contributed by atoms with Crippen LogP contribution in [0.15, 0.2) is 29.0 Å². The van der Waals surface area contributed by atoms with E-state index in [0.717, 1.165) is 35.6 Å². The second kappa shape index (κ2) is 13.3. The van der Waals surface area contributed by atoms with Crippen LogP contribution < -0.4 is 14.9 Å². The highest BCUT2D eigenvalue weighted by atomic mass is 79.9. The summed E-state index contributed by atoms with van der Waals surface area (Å²) in [4.78, 5) is 8.45. The maximum Gasteiger partial charge on any atom is 0.496 e. The van der Waals surface area contributed by atoms with Gasteiger partial charge in [-0.05, 0) is 55.8 Å². The maximum atomic E-state index is 9.44. The molecule has 0 aromatic carbocycles. The first kappa shape index (κ1) is 30.2. The third kappa shape index (κ3) is 7.51. The lowest BCUT2D eigenvalue weighted by atomic mass is 9.80. The Morgan fingerprint density at radius 3 is 1.73 bits per heavy atom. The molecular weight excluding hydrogens is 579 g/mol. The highest BCUT2D eigenvalue weighted by Gasteiger charge is 2.52. The number of hydrogen-bond acceptors (Lipinski definition) is 10. The summed E-state index contributed by atoms with van der Waals surface area (Å²) in [6.45, 7) is 10.8. The van der Waals surface area contributed by atoms with Crippen molar-refractivity contribution in [2.75, 3.05) is 26.4 Å². The Morgan fingerprint density at radius 2 is 1.25 bits per heavy atom. The van der Waals surface area contributed by atoms with Gasteiger partial charge < -0.3 is 28.3 Å². The van der Waals surface area contributed by atoms with Crippen LogP contribution in [0.25, 0.3) is 0 Å². The summed E-state index contributed by atoms with van der Waals surface area (Å²) in [5.74, 6) is 0.780. The number of nitrogens with zero attached hydrogens (tertiary/aromatic N) is 4. The van der Waals surface area contributed by atoms with Gasteiger partial charge in [0.1, 0.15) is 35.5 Å². The van der Waals surface area contributed by atoms with Gasteiger partial charge in [-0.3, -0.25) is 0 Å². The van der Waals surface area contributed by atoms with E-state index in [0.29, 0.717) is 49.3 Å². The van der Waals surface area contributed by atoms with E-state index in [1.54, 1.807) is 24.5 Å². The molecule has 5 rings (SSSR count). The van der Waals surface area contributed by atoms with Gasteiger partial charge in [0.05, 0.1) is 37.6 Å². The molecule has 2 aromatic heterocycles. The first-order valence-corrected chi connectivity index (χ1v) is 14.2. The van der Waals surface area contributed by atoms with Crippen LogP contribution in [0.3, 0.4) is 0 Å². The average Bonchev–Trinajstić information content (AvgIpc) is 3.17. The fourth-order valence-electron chi connectivity index (χ4n) is 4.25. The van der Waals surface area contributed by atoms with E-state index in [4.69, 9.17) is 33.5 Å². The lowest BCUT2D eigenvalue weighted by Crippen LogP contribution is -2.41. The number of nitriles is 2. The highest BCUT2D eigenvalue weighted by molar-refractivity contribution is 9.10. The van der Waals surface area contributed by atoms with Gasteiger partial charge >= 0.3 is 7.12 Å². The van der Waals surface area contributed by atoms with Crippen LogP contribution in [0.4, 0.5) is 0 Å². The lowest BCUT2D eigenvalue weighted by molar-refractivity contribution is 0.00578. The Balaban J connectivity index is 0.000000201. The van der Waals surface area contributed by atoms with Crippen molar-refractivity contribution in [3.63, 3.8) is 0 Å². The topological polar surface area (TPSA) is 129 Å². The number of halogens is 1. The van der Waals surface area contributed by atoms with Crippen molar-refractivity contribution < 1.29 is 28.3 Å². The van der Waals surface area contributed by atoms with E-state index in [2.05, 4.69) is 38.0 Å². The number of pyridine rings is 2. The molecule has 3 fully saturated rings. The average molecular weight is 613 g/mol. The van der Waals surface area contributed by atoms with Gasteiger partial charge in [0, 0.05) is 48.0 Å². The molecule has 3 aliphatic rings. The molecule has 0 unspecified atom stereocenters. The second-order valence-electron chi connectivity index (χ2n) is 10.8. The zero-order valence-electron chi connectivity index (χ0n) is 23.3. The monoisotopic (exact) mass is 612 g/mol. The van der Waals surface area contributed by atoms with E-state index in [1.807, 2.05) is 27.7 Å². The molecule has 40 heavy (non-hydrogen) atoms. The molecule has 2 aromatic rings. The second-order valence-corrected chi connectivity index (χ2v) is 11.7. The van der Waals surface area contributed by atoms with Crippen molar-refractivity contribution >= 4 is 28.5 Å². The molecule has 10 nitrogen and oxygen atoms in total. The third-order valence-electron chi connectivity index (χ3n) is 7.35. The fraction of sp³-hybridized carbons (Fsp3) is 0.571. The predicted molar refractivity (Wildman–Crippen MR) is 150 cm³/mol. The Hall–Kier alpha value is -2.74. The van der Waals surface area contributed by atoms with Crippen LogP contribution >= 0.6 is 15.9 Å². The molecule has 3 saturated heterocycles. The molecule has 0 N–H and O–H groups in total. The minimum atomic E-state index is -0.535. The lowest BCUT2D eigenvalue weighted by Gasteiger charge is -2.32. The Kier molecular flexibility index (Phi) is 10.0. The van der Waals surface area contributed by atoms with Gasteiger partial charge in [-0.15, -0.1) is 0 Å². The molecule has 0 atom stereocenters. The summed E-state index contributed by atoms with van der Waals surface area (Å²) >= 11 is 3.27. The summed E-state index contributed by atoms with van der Waals surface area (Å²) in [7, 11) is -0.535. The summed E-state index contributed by atoms with van der Waals surface area (Å²) in [6.07, 6.45) is 6.77. The van der Waals surface area contributed by atoms with Crippen molar-refractivity contribution in [3.05, 3.63) is 40.1 Å². The summed E-state index contributed by atoms with van der Waals surface area (Å²) in [6, 6.07) is 7.69. The van der Waals surface area contributed by atoms with Gasteiger partial charge in [-0.2, -0.15) is 10.5 Å². The Labute approximate surface area is 244 Å². The predicted octanol–water partition coefficient (Wildman–Crippen LogP) is 4.08. The Morgan fingerprint density at radius 1 is 0.800 bits per heavy atom. The molecule has 12 heteroatoms. The zero-order chi connectivity index (χ0) is 28.8. The fourth-order valence-corrected chi connectivity index (χ4v) is 4.59. The van der Waals surface area contributed by atoms with Crippen LogP contribution in [-0.2, 0) is 18.8 Å². The number of hydrogen-bond donors (Lipinski definition) is 0. The maximum absolute atomic E-state index is 9.44. The first-order chi connectivity index (χ1) is 19.1. The van der Waals surface area contributed by atoms with E-state index in [-0.39, 0.29) is 12.2 Å². The molecule has 3 aliphatic heterocycles. The number of rotatable bonds is 5. The molecule has 0 aliphatic carbocycles. The van der Waals surface area contributed by atoms with Crippen LogP contribution in [-0.4, -0.2) is 66.9 Å². The Bertz CT molecular complexity index is 1240. The molecule has 0 spiro atoms. The van der Waals surface area contributed by atoms with Gasteiger partial charge in [0.25, 0.3) is 0 Å². The molecule has 0 bridgehead atoms. The first-order valence-electron chi connectivity index (χ1n) is 13.4. The van der Waals surface area contributed by atoms with Gasteiger partial charge in [-0.1, -0.05) is 0 Å². The molecule has 0 amide bonds. The molecule has 0 saturated carbocycles. The van der Waals surface area contributed by atoms with Crippen molar-refractivity contribution in [3.8, 4) is 23.9 Å². The molecular formula is C28H34BBrN4O6. The minimum Gasteiger partial charge on any atom is -0.473 e. The van der Waals surface area contributed by atoms with E-state index < -0.39 is 18.3 Å². The summed E-state index contributed by atoms with van der Waals surface area (Å²) in [5, 5.41) is 18.4. The van der Waals surface area contributed by atoms with Crippen molar-refractivity contribution in [1.29, 1.82) is 10.5 Å². The normalized spacial score (nSPS) is 20.5.